The van der Waals surface area contributed by atoms with E-state index in [4.69, 9.17) is 0 Å². The molecule has 0 spiro atoms. The highest BCUT2D eigenvalue weighted by Gasteiger charge is 2.30. The molecule has 0 fully saturated rings. The van der Waals surface area contributed by atoms with Gasteiger partial charge < -0.3 is 5.32 Å². The van der Waals surface area contributed by atoms with Crippen molar-refractivity contribution in [3.63, 3.8) is 0 Å². The summed E-state index contributed by atoms with van der Waals surface area (Å²) < 4.78 is 3.14. The average molecular weight is 452 g/mol. The van der Waals surface area contributed by atoms with Gasteiger partial charge in [-0.25, -0.2) is 4.52 Å². The summed E-state index contributed by atoms with van der Waals surface area (Å²) in [5.74, 6) is -0.260. The Morgan fingerprint density at radius 1 is 0.853 bits per heavy atom. The lowest BCUT2D eigenvalue weighted by Gasteiger charge is -2.27. The van der Waals surface area contributed by atoms with Gasteiger partial charge in [-0.15, -0.1) is 5.10 Å². The number of carbonyl (C=O) groups excluding carboxylic acids is 1. The Hall–Kier alpha value is -4.26. The number of aromatic nitrogens is 4. The molecule has 7 heteroatoms. The molecule has 3 aromatic carbocycles. The number of nitrogens with one attached hydrogen (secondary N) is 1. The van der Waals surface area contributed by atoms with Crippen molar-refractivity contribution in [2.24, 2.45) is 0 Å². The minimum Gasteiger partial charge on any atom is -0.349 e. The summed E-state index contributed by atoms with van der Waals surface area (Å²) in [4.78, 5) is 27.8. The zero-order chi connectivity index (χ0) is 23.9. The molecule has 0 aliphatic carbocycles. The number of para-hydroxylation sites is 2. The Kier molecular flexibility index (Phi) is 5.24. The number of nitrogens with zero attached hydrogens (tertiary/aromatic N) is 4. The topological polar surface area (TPSA) is 81.3 Å². The van der Waals surface area contributed by atoms with Crippen LogP contribution in [0.15, 0.2) is 89.7 Å². The third kappa shape index (κ3) is 3.75. The van der Waals surface area contributed by atoms with Crippen LogP contribution in [0.3, 0.4) is 0 Å². The summed E-state index contributed by atoms with van der Waals surface area (Å²) in [5, 5.41) is 11.7. The SMILES string of the molecule is CC(C)(C)NC(=O)C(c1ccccc1)n1c(=O)c2c(-c3ccccc3)nnn2c2ccccc21. The smallest absolute Gasteiger partial charge is 0.280 e. The number of hydrogen-bond donors (Lipinski definition) is 1. The monoisotopic (exact) mass is 451 g/mol. The quantitative estimate of drug-likeness (QED) is 0.444. The molecule has 1 amide bonds. The lowest BCUT2D eigenvalue weighted by molar-refractivity contribution is -0.124. The number of amides is 1. The molecule has 1 N–H and O–H groups in total. The van der Waals surface area contributed by atoms with E-state index in [1.807, 2.05) is 106 Å². The molecule has 0 aliphatic rings. The molecule has 2 aromatic heterocycles. The zero-order valence-electron chi connectivity index (χ0n) is 19.3. The summed E-state index contributed by atoms with van der Waals surface area (Å²) in [7, 11) is 0. The first-order valence-corrected chi connectivity index (χ1v) is 11.2. The van der Waals surface area contributed by atoms with Crippen LogP contribution in [-0.2, 0) is 4.79 Å². The van der Waals surface area contributed by atoms with Crippen LogP contribution in [-0.4, -0.2) is 30.8 Å². The molecule has 0 bridgehead atoms. The molecule has 34 heavy (non-hydrogen) atoms. The lowest BCUT2D eigenvalue weighted by Crippen LogP contribution is -2.46. The molecule has 0 saturated carbocycles. The molecule has 5 aromatic rings. The minimum absolute atomic E-state index is 0.260. The van der Waals surface area contributed by atoms with Crippen molar-refractivity contribution in [3.8, 4) is 11.3 Å². The molecular formula is C27H25N5O2. The van der Waals surface area contributed by atoms with Gasteiger partial charge in [-0.1, -0.05) is 78.0 Å². The van der Waals surface area contributed by atoms with Crippen molar-refractivity contribution >= 4 is 22.5 Å². The van der Waals surface area contributed by atoms with Crippen LogP contribution < -0.4 is 10.9 Å². The number of benzene rings is 3. The number of rotatable bonds is 4. The van der Waals surface area contributed by atoms with E-state index in [2.05, 4.69) is 15.6 Å². The van der Waals surface area contributed by atoms with E-state index < -0.39 is 11.6 Å². The second-order valence-corrected chi connectivity index (χ2v) is 9.28. The summed E-state index contributed by atoms with van der Waals surface area (Å²) in [6.07, 6.45) is 0. The molecule has 7 nitrogen and oxygen atoms in total. The molecule has 2 heterocycles. The Bertz CT molecular complexity index is 1550. The van der Waals surface area contributed by atoms with Gasteiger partial charge in [0.1, 0.15) is 11.7 Å². The fourth-order valence-electron chi connectivity index (χ4n) is 4.25. The van der Waals surface area contributed by atoms with Crippen LogP contribution in [0.2, 0.25) is 0 Å². The zero-order valence-corrected chi connectivity index (χ0v) is 19.3. The van der Waals surface area contributed by atoms with E-state index in [9.17, 15) is 9.59 Å². The van der Waals surface area contributed by atoms with Crippen LogP contribution >= 0.6 is 0 Å². The van der Waals surface area contributed by atoms with Crippen LogP contribution in [0, 0.1) is 0 Å². The molecule has 1 unspecified atom stereocenters. The summed E-state index contributed by atoms with van der Waals surface area (Å²) >= 11 is 0. The Morgan fingerprint density at radius 2 is 1.44 bits per heavy atom. The first kappa shape index (κ1) is 21.6. The molecule has 0 radical (unpaired) electrons. The number of carbonyl (C=O) groups is 1. The van der Waals surface area contributed by atoms with Crippen LogP contribution in [0.4, 0.5) is 0 Å². The maximum Gasteiger partial charge on any atom is 0.280 e. The van der Waals surface area contributed by atoms with E-state index in [0.29, 0.717) is 22.2 Å². The fourth-order valence-corrected chi connectivity index (χ4v) is 4.25. The maximum absolute atomic E-state index is 14.2. The summed E-state index contributed by atoms with van der Waals surface area (Å²) in [6, 6.07) is 25.4. The average Bonchev–Trinajstić information content (AvgIpc) is 3.27. The van der Waals surface area contributed by atoms with Crippen molar-refractivity contribution in [2.75, 3.05) is 0 Å². The normalized spacial score (nSPS) is 12.7. The Morgan fingerprint density at radius 3 is 2.09 bits per heavy atom. The van der Waals surface area contributed by atoms with Crippen LogP contribution in [0.25, 0.3) is 27.8 Å². The predicted molar refractivity (Wildman–Crippen MR) is 133 cm³/mol. The van der Waals surface area contributed by atoms with Gasteiger partial charge in [-0.2, -0.15) is 0 Å². The van der Waals surface area contributed by atoms with Gasteiger partial charge in [0.2, 0.25) is 5.91 Å². The van der Waals surface area contributed by atoms with E-state index >= 15 is 0 Å². The first-order valence-electron chi connectivity index (χ1n) is 11.2. The maximum atomic E-state index is 14.2. The van der Waals surface area contributed by atoms with Gasteiger partial charge in [0.15, 0.2) is 5.52 Å². The van der Waals surface area contributed by atoms with Gasteiger partial charge in [0.25, 0.3) is 5.56 Å². The van der Waals surface area contributed by atoms with Gasteiger partial charge in [0, 0.05) is 11.1 Å². The van der Waals surface area contributed by atoms with Gasteiger partial charge in [-0.05, 0) is 38.5 Å². The van der Waals surface area contributed by atoms with Gasteiger partial charge in [-0.3, -0.25) is 14.2 Å². The molecule has 170 valence electrons. The van der Waals surface area contributed by atoms with E-state index in [1.165, 1.54) is 0 Å². The second kappa shape index (κ2) is 8.26. The third-order valence-corrected chi connectivity index (χ3v) is 5.63. The van der Waals surface area contributed by atoms with Crippen molar-refractivity contribution in [1.82, 2.24) is 24.7 Å². The fraction of sp³-hybridized carbons (Fsp3) is 0.185. The molecule has 5 rings (SSSR count). The standard InChI is InChI=1S/C27H25N5O2/c1-27(2,3)28-25(33)23(19-14-8-5-9-15-19)31-20-16-10-11-17-21(20)32-24(26(31)34)22(29-30-32)18-12-6-4-7-13-18/h4-17,23H,1-3H3,(H,28,33). The molecule has 0 saturated heterocycles. The van der Waals surface area contributed by atoms with E-state index in [1.54, 1.807) is 9.08 Å². The van der Waals surface area contributed by atoms with Crippen LogP contribution in [0.5, 0.6) is 0 Å². The number of fused-ring (bicyclic) bond motifs is 3. The van der Waals surface area contributed by atoms with Gasteiger partial charge in [0.05, 0.1) is 11.0 Å². The molecule has 1 atom stereocenters. The minimum atomic E-state index is -0.874. The molecular weight excluding hydrogens is 426 g/mol. The summed E-state index contributed by atoms with van der Waals surface area (Å²) in [6.45, 7) is 5.77. The van der Waals surface area contributed by atoms with Crippen molar-refractivity contribution in [2.45, 2.75) is 32.4 Å². The van der Waals surface area contributed by atoms with E-state index in [0.717, 1.165) is 11.1 Å². The van der Waals surface area contributed by atoms with Crippen molar-refractivity contribution < 1.29 is 4.79 Å². The second-order valence-electron chi connectivity index (χ2n) is 9.28. The highest BCUT2D eigenvalue weighted by molar-refractivity contribution is 5.89. The first-order chi connectivity index (χ1) is 16.3. The predicted octanol–water partition coefficient (Wildman–Crippen LogP) is 4.22. The largest absolute Gasteiger partial charge is 0.349 e. The highest BCUT2D eigenvalue weighted by atomic mass is 16.2. The van der Waals surface area contributed by atoms with Crippen LogP contribution in [0.1, 0.15) is 32.4 Å². The van der Waals surface area contributed by atoms with Crippen molar-refractivity contribution in [1.29, 1.82) is 0 Å². The van der Waals surface area contributed by atoms with Gasteiger partial charge >= 0.3 is 0 Å². The Labute approximate surface area is 196 Å². The Balaban J connectivity index is 1.87. The summed E-state index contributed by atoms with van der Waals surface area (Å²) in [5.41, 5.74) is 2.80. The lowest BCUT2D eigenvalue weighted by atomic mass is 10.0. The van der Waals surface area contributed by atoms with E-state index in [-0.39, 0.29) is 11.5 Å². The third-order valence-electron chi connectivity index (χ3n) is 5.63. The number of hydrogen-bond acceptors (Lipinski definition) is 4. The molecule has 0 aliphatic heterocycles. The highest BCUT2D eigenvalue weighted by Crippen LogP contribution is 2.27. The van der Waals surface area contributed by atoms with Crippen molar-refractivity contribution in [3.05, 3.63) is 101 Å².